The topological polar surface area (TPSA) is 45.4 Å². The van der Waals surface area contributed by atoms with Crippen molar-refractivity contribution in [3.8, 4) is 0 Å². The van der Waals surface area contributed by atoms with Gasteiger partial charge in [-0.25, -0.2) is 4.98 Å². The summed E-state index contributed by atoms with van der Waals surface area (Å²) in [5.74, 6) is 1.13. The summed E-state index contributed by atoms with van der Waals surface area (Å²) in [7, 11) is 0. The van der Waals surface area contributed by atoms with E-state index in [1.54, 1.807) is 0 Å². The highest BCUT2D eigenvalue weighted by atomic mass is 15.2. The lowest BCUT2D eigenvalue weighted by atomic mass is 10.00. The Bertz CT molecular complexity index is 417. The second-order valence-corrected chi connectivity index (χ2v) is 6.38. The molecule has 3 rings (SSSR count). The van der Waals surface area contributed by atoms with Crippen LogP contribution in [-0.2, 0) is 6.42 Å². The van der Waals surface area contributed by atoms with Crippen molar-refractivity contribution in [2.45, 2.75) is 44.6 Å². The molecule has 1 aromatic rings. The van der Waals surface area contributed by atoms with E-state index in [4.69, 9.17) is 5.73 Å². The van der Waals surface area contributed by atoms with Crippen molar-refractivity contribution < 1.29 is 0 Å². The van der Waals surface area contributed by atoms with Crippen LogP contribution in [0.15, 0.2) is 18.3 Å². The van der Waals surface area contributed by atoms with Gasteiger partial charge in [-0.05, 0) is 63.4 Å². The van der Waals surface area contributed by atoms with Gasteiger partial charge >= 0.3 is 0 Å². The van der Waals surface area contributed by atoms with E-state index in [1.807, 2.05) is 6.20 Å². The second-order valence-electron chi connectivity index (χ2n) is 6.38. The van der Waals surface area contributed by atoms with Crippen LogP contribution < -0.4 is 10.6 Å². The molecule has 2 fully saturated rings. The highest BCUT2D eigenvalue weighted by molar-refractivity contribution is 5.40. The third-order valence-corrected chi connectivity index (χ3v) is 4.94. The summed E-state index contributed by atoms with van der Waals surface area (Å²) in [6.07, 6.45) is 9.69. The molecule has 0 aliphatic carbocycles. The first-order valence-electron chi connectivity index (χ1n) is 8.51. The fourth-order valence-corrected chi connectivity index (χ4v) is 3.66. The highest BCUT2D eigenvalue weighted by Crippen LogP contribution is 2.23. The van der Waals surface area contributed by atoms with Gasteiger partial charge in [-0.3, -0.25) is 0 Å². The lowest BCUT2D eigenvalue weighted by Gasteiger charge is -2.40. The standard InChI is InChI=1S/C17H28N4/c18-9-6-15-4-5-17(19-14-15)21-12-7-16(8-13-21)20-10-2-1-3-11-20/h4-5,14,16H,1-3,6-13,18H2. The minimum Gasteiger partial charge on any atom is -0.357 e. The van der Waals surface area contributed by atoms with Gasteiger partial charge in [0.25, 0.3) is 0 Å². The Balaban J connectivity index is 1.52. The van der Waals surface area contributed by atoms with E-state index in [0.717, 1.165) is 31.4 Å². The summed E-state index contributed by atoms with van der Waals surface area (Å²) < 4.78 is 0. The first kappa shape index (κ1) is 14.8. The number of hydrogen-bond donors (Lipinski definition) is 1. The van der Waals surface area contributed by atoms with E-state index < -0.39 is 0 Å². The van der Waals surface area contributed by atoms with E-state index >= 15 is 0 Å². The number of piperidine rings is 2. The molecule has 0 unspecified atom stereocenters. The number of rotatable bonds is 4. The minimum atomic E-state index is 0.697. The number of likely N-dealkylation sites (tertiary alicyclic amines) is 1. The molecule has 0 spiro atoms. The Morgan fingerprint density at radius 3 is 2.43 bits per heavy atom. The third-order valence-electron chi connectivity index (χ3n) is 4.94. The van der Waals surface area contributed by atoms with Crippen LogP contribution in [0.1, 0.15) is 37.7 Å². The van der Waals surface area contributed by atoms with E-state index in [2.05, 4.69) is 26.9 Å². The van der Waals surface area contributed by atoms with Gasteiger partial charge < -0.3 is 15.5 Å². The highest BCUT2D eigenvalue weighted by Gasteiger charge is 2.25. The minimum absolute atomic E-state index is 0.697. The molecule has 2 aliphatic heterocycles. The van der Waals surface area contributed by atoms with Crippen molar-refractivity contribution in [1.82, 2.24) is 9.88 Å². The Hall–Kier alpha value is -1.13. The van der Waals surface area contributed by atoms with Crippen LogP contribution in [0.2, 0.25) is 0 Å². The Kier molecular flexibility index (Phi) is 5.09. The summed E-state index contributed by atoms with van der Waals surface area (Å²) >= 11 is 0. The van der Waals surface area contributed by atoms with Crippen molar-refractivity contribution in [2.24, 2.45) is 5.73 Å². The number of nitrogens with two attached hydrogens (primary N) is 1. The molecular weight excluding hydrogens is 260 g/mol. The summed E-state index contributed by atoms with van der Waals surface area (Å²) in [6, 6.07) is 5.14. The largest absolute Gasteiger partial charge is 0.357 e. The SMILES string of the molecule is NCCc1ccc(N2CCC(N3CCCCC3)CC2)nc1. The molecule has 2 aliphatic rings. The summed E-state index contributed by atoms with van der Waals surface area (Å²) in [5.41, 5.74) is 6.82. The van der Waals surface area contributed by atoms with Gasteiger partial charge in [-0.1, -0.05) is 12.5 Å². The molecule has 4 heteroatoms. The Labute approximate surface area is 128 Å². The van der Waals surface area contributed by atoms with Crippen molar-refractivity contribution in [3.63, 3.8) is 0 Å². The van der Waals surface area contributed by atoms with Crippen molar-refractivity contribution in [1.29, 1.82) is 0 Å². The van der Waals surface area contributed by atoms with Crippen LogP contribution in [0.5, 0.6) is 0 Å². The molecule has 1 aromatic heterocycles. The van der Waals surface area contributed by atoms with Gasteiger partial charge in [-0.2, -0.15) is 0 Å². The van der Waals surface area contributed by atoms with Crippen LogP contribution in [0, 0.1) is 0 Å². The monoisotopic (exact) mass is 288 g/mol. The lowest BCUT2D eigenvalue weighted by Crippen LogP contribution is -2.46. The molecule has 0 bridgehead atoms. The average Bonchev–Trinajstić information content (AvgIpc) is 2.57. The van der Waals surface area contributed by atoms with Gasteiger partial charge in [0, 0.05) is 25.3 Å². The van der Waals surface area contributed by atoms with Gasteiger partial charge in [0.15, 0.2) is 0 Å². The molecular formula is C17H28N4. The van der Waals surface area contributed by atoms with Crippen LogP contribution in [-0.4, -0.2) is 48.6 Å². The predicted molar refractivity (Wildman–Crippen MR) is 87.7 cm³/mol. The van der Waals surface area contributed by atoms with E-state index in [1.165, 1.54) is 50.8 Å². The number of aromatic nitrogens is 1. The maximum absolute atomic E-state index is 5.58. The molecule has 4 nitrogen and oxygen atoms in total. The molecule has 3 heterocycles. The van der Waals surface area contributed by atoms with Crippen molar-refractivity contribution in [3.05, 3.63) is 23.9 Å². The zero-order valence-electron chi connectivity index (χ0n) is 13.0. The normalized spacial score (nSPS) is 21.7. The number of pyridine rings is 1. The molecule has 0 radical (unpaired) electrons. The first-order valence-corrected chi connectivity index (χ1v) is 8.51. The maximum Gasteiger partial charge on any atom is 0.128 e. The molecule has 0 amide bonds. The van der Waals surface area contributed by atoms with Gasteiger partial charge in [0.1, 0.15) is 5.82 Å². The van der Waals surface area contributed by atoms with E-state index in [-0.39, 0.29) is 0 Å². The summed E-state index contributed by atoms with van der Waals surface area (Å²) in [4.78, 5) is 9.77. The summed E-state index contributed by atoms with van der Waals surface area (Å²) in [5, 5.41) is 0. The second kappa shape index (κ2) is 7.23. The number of hydrogen-bond acceptors (Lipinski definition) is 4. The Morgan fingerprint density at radius 1 is 1.05 bits per heavy atom. The van der Waals surface area contributed by atoms with Crippen LogP contribution in [0.4, 0.5) is 5.82 Å². The fourth-order valence-electron chi connectivity index (χ4n) is 3.66. The Morgan fingerprint density at radius 2 is 1.81 bits per heavy atom. The zero-order valence-corrected chi connectivity index (χ0v) is 13.0. The smallest absolute Gasteiger partial charge is 0.128 e. The predicted octanol–water partition coefficient (Wildman–Crippen LogP) is 2.04. The zero-order chi connectivity index (χ0) is 14.5. The fraction of sp³-hybridized carbons (Fsp3) is 0.706. The van der Waals surface area contributed by atoms with Gasteiger partial charge in [0.05, 0.1) is 0 Å². The van der Waals surface area contributed by atoms with E-state index in [0.29, 0.717) is 6.54 Å². The number of nitrogens with zero attached hydrogens (tertiary/aromatic N) is 3. The third kappa shape index (κ3) is 3.74. The van der Waals surface area contributed by atoms with Gasteiger partial charge in [0.2, 0.25) is 0 Å². The molecule has 116 valence electrons. The quantitative estimate of drug-likeness (QED) is 0.921. The molecule has 2 saturated heterocycles. The molecule has 0 aromatic carbocycles. The van der Waals surface area contributed by atoms with Crippen LogP contribution in [0.25, 0.3) is 0 Å². The molecule has 21 heavy (non-hydrogen) atoms. The van der Waals surface area contributed by atoms with Crippen LogP contribution >= 0.6 is 0 Å². The molecule has 0 saturated carbocycles. The molecule has 0 atom stereocenters. The lowest BCUT2D eigenvalue weighted by molar-refractivity contribution is 0.141. The first-order chi connectivity index (χ1) is 10.4. The number of anilines is 1. The van der Waals surface area contributed by atoms with Crippen molar-refractivity contribution in [2.75, 3.05) is 37.6 Å². The summed E-state index contributed by atoms with van der Waals surface area (Å²) in [6.45, 7) is 5.62. The van der Waals surface area contributed by atoms with Crippen molar-refractivity contribution >= 4 is 5.82 Å². The maximum atomic E-state index is 5.58. The molecule has 2 N–H and O–H groups in total. The van der Waals surface area contributed by atoms with E-state index in [9.17, 15) is 0 Å². The average molecular weight is 288 g/mol. The van der Waals surface area contributed by atoms with Gasteiger partial charge in [-0.15, -0.1) is 0 Å². The van der Waals surface area contributed by atoms with Crippen LogP contribution in [0.3, 0.4) is 0 Å².